The molecule has 114 valence electrons. The molecule has 1 fully saturated rings. The van der Waals surface area contributed by atoms with E-state index in [9.17, 15) is 18.3 Å². The van der Waals surface area contributed by atoms with E-state index in [-0.39, 0.29) is 30.1 Å². The highest BCUT2D eigenvalue weighted by Gasteiger charge is 2.35. The Bertz CT molecular complexity index is 673. The van der Waals surface area contributed by atoms with Crippen LogP contribution in [-0.4, -0.2) is 49.5 Å². The molecule has 2 N–H and O–H groups in total. The number of nitrogens with zero attached hydrogens (tertiary/aromatic N) is 1. The molecule has 7 nitrogen and oxygen atoms in total. The maximum absolute atomic E-state index is 12.6. The van der Waals surface area contributed by atoms with Crippen molar-refractivity contribution in [2.75, 3.05) is 25.1 Å². The predicted octanol–water partition coefficient (Wildman–Crippen LogP) is 0.163. The molecule has 2 heterocycles. The van der Waals surface area contributed by atoms with Gasteiger partial charge in [-0.2, -0.15) is 4.31 Å². The molecule has 0 spiro atoms. The van der Waals surface area contributed by atoms with Crippen molar-refractivity contribution in [1.82, 2.24) is 4.31 Å². The number of ether oxygens (including phenoxy) is 1. The van der Waals surface area contributed by atoms with Gasteiger partial charge in [0, 0.05) is 12.6 Å². The highest BCUT2D eigenvalue weighted by atomic mass is 32.2. The third-order valence-corrected chi connectivity index (χ3v) is 5.67. The Morgan fingerprint density at radius 1 is 1.43 bits per heavy atom. The van der Waals surface area contributed by atoms with E-state index >= 15 is 0 Å². The molecule has 1 saturated heterocycles. The molecule has 3 rings (SSSR count). The van der Waals surface area contributed by atoms with Crippen LogP contribution in [0.5, 0.6) is 5.75 Å². The van der Waals surface area contributed by atoms with Gasteiger partial charge in [-0.05, 0) is 31.0 Å². The molecule has 0 radical (unpaired) electrons. The largest absolute Gasteiger partial charge is 0.482 e. The van der Waals surface area contributed by atoms with Gasteiger partial charge in [0.05, 0.1) is 17.2 Å². The Morgan fingerprint density at radius 3 is 3.00 bits per heavy atom. The van der Waals surface area contributed by atoms with Crippen LogP contribution >= 0.6 is 0 Å². The van der Waals surface area contributed by atoms with Crippen molar-refractivity contribution in [2.45, 2.75) is 23.8 Å². The van der Waals surface area contributed by atoms with Crippen molar-refractivity contribution < 1.29 is 23.1 Å². The van der Waals surface area contributed by atoms with Gasteiger partial charge in [0.15, 0.2) is 6.61 Å². The number of amides is 1. The first kappa shape index (κ1) is 14.3. The molecule has 0 unspecified atom stereocenters. The van der Waals surface area contributed by atoms with Crippen LogP contribution in [0.25, 0.3) is 0 Å². The first-order chi connectivity index (χ1) is 10.0. The summed E-state index contributed by atoms with van der Waals surface area (Å²) in [6.07, 6.45) is 1.38. The van der Waals surface area contributed by atoms with E-state index in [2.05, 4.69) is 5.32 Å². The minimum Gasteiger partial charge on any atom is -0.482 e. The molecule has 0 bridgehead atoms. The van der Waals surface area contributed by atoms with Crippen LogP contribution in [0, 0.1) is 0 Å². The van der Waals surface area contributed by atoms with Crippen LogP contribution in [0.2, 0.25) is 0 Å². The SMILES string of the molecule is O=C1COc2ccc(S(=O)(=O)N3CCC[C@@H]3CO)cc2N1. The zero-order chi connectivity index (χ0) is 15.0. The zero-order valence-corrected chi connectivity index (χ0v) is 12.1. The summed E-state index contributed by atoms with van der Waals surface area (Å²) in [5.41, 5.74) is 0.354. The van der Waals surface area contributed by atoms with Crippen molar-refractivity contribution in [2.24, 2.45) is 0 Å². The first-order valence-electron chi connectivity index (χ1n) is 6.72. The van der Waals surface area contributed by atoms with E-state index in [0.717, 1.165) is 6.42 Å². The van der Waals surface area contributed by atoms with Crippen molar-refractivity contribution in [3.8, 4) is 5.75 Å². The highest BCUT2D eigenvalue weighted by Crippen LogP contribution is 2.33. The van der Waals surface area contributed by atoms with Gasteiger partial charge in [-0.1, -0.05) is 0 Å². The summed E-state index contributed by atoms with van der Waals surface area (Å²) in [5.74, 6) is 0.139. The lowest BCUT2D eigenvalue weighted by atomic mass is 10.2. The average molecular weight is 312 g/mol. The summed E-state index contributed by atoms with van der Waals surface area (Å²) < 4.78 is 31.8. The fraction of sp³-hybridized carbons (Fsp3) is 0.462. The van der Waals surface area contributed by atoms with Gasteiger partial charge in [-0.15, -0.1) is 0 Å². The second kappa shape index (κ2) is 5.28. The summed E-state index contributed by atoms with van der Waals surface area (Å²) >= 11 is 0. The van der Waals surface area contributed by atoms with E-state index in [0.29, 0.717) is 24.4 Å². The third-order valence-electron chi connectivity index (χ3n) is 3.72. The number of hydrogen-bond donors (Lipinski definition) is 2. The lowest BCUT2D eigenvalue weighted by molar-refractivity contribution is -0.118. The van der Waals surface area contributed by atoms with Gasteiger partial charge in [-0.25, -0.2) is 8.42 Å². The molecule has 0 aliphatic carbocycles. The number of nitrogens with one attached hydrogen (secondary N) is 1. The summed E-state index contributed by atoms with van der Waals surface area (Å²) in [6.45, 7) is 0.134. The number of fused-ring (bicyclic) bond motifs is 1. The van der Waals surface area contributed by atoms with Crippen molar-refractivity contribution in [3.63, 3.8) is 0 Å². The van der Waals surface area contributed by atoms with Crippen LogP contribution in [0.15, 0.2) is 23.1 Å². The summed E-state index contributed by atoms with van der Waals surface area (Å²) in [4.78, 5) is 11.4. The minimum absolute atomic E-state index is 0.0716. The number of rotatable bonds is 3. The number of aliphatic hydroxyl groups is 1. The fourth-order valence-electron chi connectivity index (χ4n) is 2.67. The maximum Gasteiger partial charge on any atom is 0.262 e. The normalized spacial score (nSPS) is 22.5. The smallest absolute Gasteiger partial charge is 0.262 e. The number of sulfonamides is 1. The number of carbonyl (C=O) groups is 1. The Labute approximate surface area is 122 Å². The highest BCUT2D eigenvalue weighted by molar-refractivity contribution is 7.89. The van der Waals surface area contributed by atoms with Crippen LogP contribution in [0.4, 0.5) is 5.69 Å². The molecular weight excluding hydrogens is 296 g/mol. The number of carbonyl (C=O) groups excluding carboxylic acids is 1. The molecule has 21 heavy (non-hydrogen) atoms. The summed E-state index contributed by atoms with van der Waals surface area (Å²) in [6, 6.07) is 4.01. The van der Waals surface area contributed by atoms with E-state index in [1.54, 1.807) is 0 Å². The second-order valence-electron chi connectivity index (χ2n) is 5.09. The van der Waals surface area contributed by atoms with Crippen LogP contribution in [0.1, 0.15) is 12.8 Å². The Hall–Kier alpha value is -1.64. The number of benzene rings is 1. The summed E-state index contributed by atoms with van der Waals surface area (Å²) in [5, 5.41) is 11.9. The average Bonchev–Trinajstić information content (AvgIpc) is 2.95. The molecule has 0 aromatic heterocycles. The number of anilines is 1. The van der Waals surface area contributed by atoms with E-state index in [4.69, 9.17) is 4.74 Å². The molecule has 2 aliphatic heterocycles. The summed E-state index contributed by atoms with van der Waals surface area (Å²) in [7, 11) is -3.68. The molecule has 1 aromatic rings. The predicted molar refractivity (Wildman–Crippen MR) is 74.6 cm³/mol. The zero-order valence-electron chi connectivity index (χ0n) is 11.3. The maximum atomic E-state index is 12.6. The Balaban J connectivity index is 1.96. The molecule has 2 aliphatic rings. The molecule has 0 saturated carbocycles. The topological polar surface area (TPSA) is 95.9 Å². The fourth-order valence-corrected chi connectivity index (χ4v) is 4.38. The van der Waals surface area contributed by atoms with Gasteiger partial charge in [0.2, 0.25) is 10.0 Å². The second-order valence-corrected chi connectivity index (χ2v) is 6.98. The minimum atomic E-state index is -3.68. The Kier molecular flexibility index (Phi) is 3.60. The van der Waals surface area contributed by atoms with Crippen molar-refractivity contribution in [3.05, 3.63) is 18.2 Å². The molecule has 1 atom stereocenters. The standard InChI is InChI=1S/C13H16N2O5S/c16-7-9-2-1-5-15(9)21(18,19)10-3-4-12-11(6-10)14-13(17)8-20-12/h3-4,6,9,16H,1-2,5,7-8H2,(H,14,17)/t9-/m1/s1. The molecule has 1 amide bonds. The lowest BCUT2D eigenvalue weighted by Gasteiger charge is -2.24. The lowest BCUT2D eigenvalue weighted by Crippen LogP contribution is -2.37. The van der Waals surface area contributed by atoms with Crippen molar-refractivity contribution in [1.29, 1.82) is 0 Å². The van der Waals surface area contributed by atoms with Gasteiger partial charge in [0.25, 0.3) is 5.91 Å². The molecular formula is C13H16N2O5S. The van der Waals surface area contributed by atoms with E-state index in [1.807, 2.05) is 0 Å². The third kappa shape index (κ3) is 2.50. The molecule has 1 aromatic carbocycles. The number of aliphatic hydroxyl groups excluding tert-OH is 1. The van der Waals surface area contributed by atoms with Gasteiger partial charge >= 0.3 is 0 Å². The van der Waals surface area contributed by atoms with Gasteiger partial charge < -0.3 is 15.2 Å². The Morgan fingerprint density at radius 2 is 2.24 bits per heavy atom. The number of hydrogen-bond acceptors (Lipinski definition) is 5. The van der Waals surface area contributed by atoms with Gasteiger partial charge in [0.1, 0.15) is 5.75 Å². The quantitative estimate of drug-likeness (QED) is 0.829. The van der Waals surface area contributed by atoms with Crippen LogP contribution in [-0.2, 0) is 14.8 Å². The van der Waals surface area contributed by atoms with E-state index < -0.39 is 10.0 Å². The van der Waals surface area contributed by atoms with Crippen LogP contribution < -0.4 is 10.1 Å². The monoisotopic (exact) mass is 312 g/mol. The van der Waals surface area contributed by atoms with E-state index in [1.165, 1.54) is 22.5 Å². The first-order valence-corrected chi connectivity index (χ1v) is 8.16. The van der Waals surface area contributed by atoms with Crippen LogP contribution in [0.3, 0.4) is 0 Å². The van der Waals surface area contributed by atoms with Gasteiger partial charge in [-0.3, -0.25) is 4.79 Å². The van der Waals surface area contributed by atoms with Crippen molar-refractivity contribution >= 4 is 21.6 Å². The molecule has 8 heteroatoms.